The lowest BCUT2D eigenvalue weighted by molar-refractivity contribution is -0.114. The number of aromatic nitrogens is 4. The second-order valence-electron chi connectivity index (χ2n) is 8.92. The number of carbonyl (C=O) groups excluding carboxylic acids is 1. The number of benzene rings is 1. The average Bonchev–Trinajstić information content (AvgIpc) is 3.46. The van der Waals surface area contributed by atoms with Gasteiger partial charge in [-0.2, -0.15) is 5.10 Å². The third-order valence-corrected chi connectivity index (χ3v) is 7.22. The van der Waals surface area contributed by atoms with E-state index >= 15 is 0 Å². The Balaban J connectivity index is 1.45. The molecule has 36 heavy (non-hydrogen) atoms. The number of fused-ring (bicyclic) bond motifs is 3. The van der Waals surface area contributed by atoms with Gasteiger partial charge in [0.05, 0.1) is 33.9 Å². The molecule has 6 rings (SSSR count). The number of thiazole rings is 1. The first-order valence-corrected chi connectivity index (χ1v) is 12.7. The molecule has 0 radical (unpaired) electrons. The van der Waals surface area contributed by atoms with E-state index in [1.807, 2.05) is 41.2 Å². The Morgan fingerprint density at radius 2 is 2.03 bits per heavy atom. The van der Waals surface area contributed by atoms with Crippen molar-refractivity contribution in [3.8, 4) is 27.5 Å². The van der Waals surface area contributed by atoms with E-state index < -0.39 is 0 Å². The highest BCUT2D eigenvalue weighted by molar-refractivity contribution is 7.19. The van der Waals surface area contributed by atoms with Gasteiger partial charge >= 0.3 is 0 Å². The van der Waals surface area contributed by atoms with Crippen LogP contribution in [0.5, 0.6) is 0 Å². The van der Waals surface area contributed by atoms with Crippen LogP contribution < -0.4 is 10.6 Å². The molecule has 2 aliphatic carbocycles. The van der Waals surface area contributed by atoms with Gasteiger partial charge in [-0.15, -0.1) is 0 Å². The molecule has 1 amide bonds. The van der Waals surface area contributed by atoms with Crippen molar-refractivity contribution in [2.45, 2.75) is 38.6 Å². The van der Waals surface area contributed by atoms with Gasteiger partial charge in [-0.25, -0.2) is 14.6 Å². The second kappa shape index (κ2) is 9.19. The summed E-state index contributed by atoms with van der Waals surface area (Å²) in [4.78, 5) is 26.8. The van der Waals surface area contributed by atoms with Crippen molar-refractivity contribution in [3.63, 3.8) is 0 Å². The molecule has 1 aromatic carbocycles. The minimum absolute atomic E-state index is 0.130. The number of aryl methyl sites for hydroxylation is 1. The van der Waals surface area contributed by atoms with Gasteiger partial charge in [0.15, 0.2) is 5.13 Å². The fourth-order valence-corrected chi connectivity index (χ4v) is 5.48. The molecule has 0 unspecified atom stereocenters. The first-order valence-electron chi connectivity index (χ1n) is 11.9. The van der Waals surface area contributed by atoms with Crippen LogP contribution in [0, 0.1) is 0 Å². The maximum absolute atomic E-state index is 11.7. The van der Waals surface area contributed by atoms with E-state index in [9.17, 15) is 4.79 Å². The fourth-order valence-electron chi connectivity index (χ4n) is 4.36. The van der Waals surface area contributed by atoms with Crippen LogP contribution in [0.3, 0.4) is 0 Å². The number of carbonyl (C=O) groups is 1. The maximum atomic E-state index is 11.7. The molecule has 1 fully saturated rings. The topological polar surface area (TPSA) is 106 Å². The maximum Gasteiger partial charge on any atom is 0.223 e. The minimum atomic E-state index is -0.130. The summed E-state index contributed by atoms with van der Waals surface area (Å²) in [6.07, 6.45) is 7.56. The number of oxime groups is 1. The van der Waals surface area contributed by atoms with E-state index in [-0.39, 0.29) is 5.91 Å². The Labute approximate surface area is 212 Å². The van der Waals surface area contributed by atoms with E-state index in [2.05, 4.69) is 26.8 Å². The number of hydrogen-bond acceptors (Lipinski definition) is 8. The summed E-state index contributed by atoms with van der Waals surface area (Å²) in [5, 5.41) is 15.8. The number of hydrogen-bond donors (Lipinski definition) is 2. The van der Waals surface area contributed by atoms with Crippen LogP contribution in [0.4, 0.5) is 10.9 Å². The molecule has 182 valence electrons. The third-order valence-electron chi connectivity index (χ3n) is 6.20. The summed E-state index contributed by atoms with van der Waals surface area (Å²) in [6, 6.07) is 12.6. The van der Waals surface area contributed by atoms with Crippen LogP contribution in [0.15, 0.2) is 47.8 Å². The molecule has 0 atom stereocenters. The van der Waals surface area contributed by atoms with E-state index in [1.54, 1.807) is 6.21 Å². The lowest BCUT2D eigenvalue weighted by atomic mass is 9.95. The molecule has 3 aromatic heterocycles. The number of nitrogens with one attached hydrogen (secondary N) is 2. The van der Waals surface area contributed by atoms with Gasteiger partial charge in [0.25, 0.3) is 0 Å². The number of rotatable bonds is 7. The van der Waals surface area contributed by atoms with Crippen LogP contribution in [0.2, 0.25) is 0 Å². The van der Waals surface area contributed by atoms with Gasteiger partial charge in [-0.05, 0) is 55.5 Å². The zero-order valence-electron chi connectivity index (χ0n) is 20.0. The molecular formula is C26H25N7O2S. The zero-order valence-corrected chi connectivity index (χ0v) is 20.8. The van der Waals surface area contributed by atoms with Crippen molar-refractivity contribution in [3.05, 3.63) is 59.4 Å². The largest absolute Gasteiger partial charge is 0.399 e. The predicted molar refractivity (Wildman–Crippen MR) is 141 cm³/mol. The van der Waals surface area contributed by atoms with Crippen molar-refractivity contribution < 1.29 is 9.63 Å². The molecule has 0 bridgehead atoms. The second-order valence-corrected chi connectivity index (χ2v) is 9.92. The monoisotopic (exact) mass is 499 g/mol. The van der Waals surface area contributed by atoms with Crippen molar-refractivity contribution in [2.24, 2.45) is 5.16 Å². The summed E-state index contributed by atoms with van der Waals surface area (Å²) in [5.41, 5.74) is 6.90. The average molecular weight is 500 g/mol. The number of anilines is 2. The highest BCUT2D eigenvalue weighted by atomic mass is 32.1. The first kappa shape index (κ1) is 22.4. The Morgan fingerprint density at radius 1 is 1.19 bits per heavy atom. The molecule has 2 aliphatic rings. The Hall–Kier alpha value is -4.05. The summed E-state index contributed by atoms with van der Waals surface area (Å²) in [7, 11) is 1.52. The normalized spacial score (nSPS) is 14.4. The molecule has 3 heterocycles. The van der Waals surface area contributed by atoms with Gasteiger partial charge in [0, 0.05) is 30.3 Å². The predicted octanol–water partition coefficient (Wildman–Crippen LogP) is 4.67. The molecule has 0 saturated heterocycles. The molecule has 9 nitrogen and oxygen atoms in total. The Morgan fingerprint density at radius 3 is 2.72 bits per heavy atom. The highest BCUT2D eigenvalue weighted by Crippen LogP contribution is 2.44. The Bertz CT molecular complexity index is 1450. The van der Waals surface area contributed by atoms with Gasteiger partial charge in [-0.1, -0.05) is 28.6 Å². The summed E-state index contributed by atoms with van der Waals surface area (Å²) in [5.74, 6) is 0.766. The quantitative estimate of drug-likeness (QED) is 0.283. The molecular weight excluding hydrogens is 474 g/mol. The van der Waals surface area contributed by atoms with E-state index in [1.165, 1.54) is 38.2 Å². The third kappa shape index (κ3) is 4.35. The molecule has 0 spiro atoms. The number of amides is 1. The zero-order chi connectivity index (χ0) is 24.6. The standard InChI is InChI=1S/C26H25N7O2S/c1-15(34)29-26-31-21-11-10-20-23(17-5-12-22(27-14-17)30-18-6-7-18)32-33(24(20)25(21)36-26)19-8-3-16(4-9-19)13-28-35-2/h3-5,8-9,12-14,18H,6-7,10-11H2,1-2H3,(H,27,30)(H,29,31,34)/b28-13+. The fraction of sp³-hybridized carbons (Fsp3) is 0.269. The van der Waals surface area contributed by atoms with Gasteiger partial charge in [-0.3, -0.25) is 4.79 Å². The van der Waals surface area contributed by atoms with Crippen LogP contribution in [0.25, 0.3) is 27.5 Å². The number of nitrogens with zero attached hydrogens (tertiary/aromatic N) is 5. The van der Waals surface area contributed by atoms with Crippen LogP contribution in [-0.4, -0.2) is 45.0 Å². The van der Waals surface area contributed by atoms with E-state index in [4.69, 9.17) is 14.9 Å². The molecule has 0 aliphatic heterocycles. The lowest BCUT2D eigenvalue weighted by Gasteiger charge is -2.14. The minimum Gasteiger partial charge on any atom is -0.399 e. The van der Waals surface area contributed by atoms with Crippen LogP contribution in [0.1, 0.15) is 36.6 Å². The van der Waals surface area contributed by atoms with Crippen molar-refractivity contribution >= 4 is 34.4 Å². The summed E-state index contributed by atoms with van der Waals surface area (Å²) >= 11 is 1.49. The molecule has 2 N–H and O–H groups in total. The highest BCUT2D eigenvalue weighted by Gasteiger charge is 2.30. The van der Waals surface area contributed by atoms with E-state index in [0.717, 1.165) is 63.0 Å². The van der Waals surface area contributed by atoms with Gasteiger partial charge < -0.3 is 15.5 Å². The lowest BCUT2D eigenvalue weighted by Crippen LogP contribution is -2.07. The van der Waals surface area contributed by atoms with Gasteiger partial charge in [0.1, 0.15) is 12.9 Å². The van der Waals surface area contributed by atoms with Crippen LogP contribution in [-0.2, 0) is 22.5 Å². The van der Waals surface area contributed by atoms with Crippen molar-refractivity contribution in [1.82, 2.24) is 19.7 Å². The first-order chi connectivity index (χ1) is 17.6. The smallest absolute Gasteiger partial charge is 0.223 e. The number of pyridine rings is 1. The Kier molecular flexibility index (Phi) is 5.73. The van der Waals surface area contributed by atoms with Crippen molar-refractivity contribution in [1.29, 1.82) is 0 Å². The molecule has 1 saturated carbocycles. The van der Waals surface area contributed by atoms with E-state index in [0.29, 0.717) is 11.2 Å². The molecule has 4 aromatic rings. The SMILES string of the molecule is CO/N=C/c1ccc(-n2nc(-c3ccc(NC4CC4)nc3)c3c2-c2sc(NC(C)=O)nc2CC3)cc1. The molecule has 10 heteroatoms. The van der Waals surface area contributed by atoms with Crippen molar-refractivity contribution in [2.75, 3.05) is 17.7 Å². The summed E-state index contributed by atoms with van der Waals surface area (Å²) in [6.45, 7) is 1.50. The summed E-state index contributed by atoms with van der Waals surface area (Å²) < 4.78 is 1.98. The van der Waals surface area contributed by atoms with Gasteiger partial charge in [0.2, 0.25) is 5.91 Å². The van der Waals surface area contributed by atoms with Crippen LogP contribution >= 0.6 is 11.3 Å².